The molecule has 2 aliphatic heterocycles. The number of nitrogens with one attached hydrogen (secondary N) is 3. The lowest BCUT2D eigenvalue weighted by Crippen LogP contribution is -2.61. The molecular formula is C21H21FN4O3. The van der Waals surface area contributed by atoms with E-state index >= 15 is 0 Å². The number of benzene rings is 2. The van der Waals surface area contributed by atoms with E-state index in [0.29, 0.717) is 18.5 Å². The van der Waals surface area contributed by atoms with Crippen molar-refractivity contribution in [3.8, 4) is 0 Å². The highest BCUT2D eigenvalue weighted by atomic mass is 19.1. The maximum absolute atomic E-state index is 13.2. The van der Waals surface area contributed by atoms with Gasteiger partial charge in [0.25, 0.3) is 0 Å². The number of hydrogen-bond donors (Lipinski definition) is 3. The van der Waals surface area contributed by atoms with Crippen LogP contribution in [0.2, 0.25) is 0 Å². The summed E-state index contributed by atoms with van der Waals surface area (Å²) in [5.74, 6) is -0.804. The molecule has 0 unspecified atom stereocenters. The summed E-state index contributed by atoms with van der Waals surface area (Å²) in [5.41, 5.74) is 1.29. The SMILES string of the molecule is O=C(Nc1cccc(F)c1)N[C@H]1C[C@H]2C(=O)N[C@H](Cc3ccccc3)C(=O)N2C1. The Kier molecular flexibility index (Phi) is 5.16. The van der Waals surface area contributed by atoms with Crippen LogP contribution in [0.5, 0.6) is 0 Å². The summed E-state index contributed by atoms with van der Waals surface area (Å²) in [6.45, 7) is 0.263. The van der Waals surface area contributed by atoms with Crippen LogP contribution >= 0.6 is 0 Å². The predicted octanol–water partition coefficient (Wildman–Crippen LogP) is 1.66. The Balaban J connectivity index is 1.37. The Morgan fingerprint density at radius 3 is 2.69 bits per heavy atom. The lowest BCUT2D eigenvalue weighted by molar-refractivity contribution is -0.147. The molecule has 0 bridgehead atoms. The van der Waals surface area contributed by atoms with Crippen molar-refractivity contribution in [2.45, 2.75) is 31.0 Å². The van der Waals surface area contributed by atoms with Gasteiger partial charge in [-0.2, -0.15) is 0 Å². The van der Waals surface area contributed by atoms with Crippen LogP contribution in [-0.2, 0) is 16.0 Å². The van der Waals surface area contributed by atoms with Gasteiger partial charge in [-0.05, 0) is 30.2 Å². The highest BCUT2D eigenvalue weighted by Crippen LogP contribution is 2.24. The molecule has 4 rings (SSSR count). The number of anilines is 1. The largest absolute Gasteiger partial charge is 0.342 e. The third kappa shape index (κ3) is 4.21. The van der Waals surface area contributed by atoms with E-state index in [1.165, 1.54) is 18.2 Å². The lowest BCUT2D eigenvalue weighted by atomic mass is 10.0. The number of amides is 4. The summed E-state index contributed by atoms with van der Waals surface area (Å²) in [6, 6.07) is 13.0. The van der Waals surface area contributed by atoms with Crippen LogP contribution in [0.1, 0.15) is 12.0 Å². The van der Waals surface area contributed by atoms with E-state index in [2.05, 4.69) is 16.0 Å². The van der Waals surface area contributed by atoms with Gasteiger partial charge in [0.1, 0.15) is 17.9 Å². The van der Waals surface area contributed by atoms with Gasteiger partial charge in [0.15, 0.2) is 0 Å². The topological polar surface area (TPSA) is 90.5 Å². The fourth-order valence-corrected chi connectivity index (χ4v) is 3.87. The molecule has 2 heterocycles. The second kappa shape index (κ2) is 7.90. The third-order valence-electron chi connectivity index (χ3n) is 5.20. The average Bonchev–Trinajstić information content (AvgIpc) is 3.11. The number of rotatable bonds is 4. The van der Waals surface area contributed by atoms with E-state index in [-0.39, 0.29) is 24.4 Å². The Morgan fingerprint density at radius 2 is 1.93 bits per heavy atom. The Morgan fingerprint density at radius 1 is 1.14 bits per heavy atom. The van der Waals surface area contributed by atoms with Gasteiger partial charge in [-0.25, -0.2) is 9.18 Å². The second-order valence-electron chi connectivity index (χ2n) is 7.30. The summed E-state index contributed by atoms with van der Waals surface area (Å²) in [4.78, 5) is 39.1. The Labute approximate surface area is 167 Å². The van der Waals surface area contributed by atoms with E-state index in [1.54, 1.807) is 11.0 Å². The van der Waals surface area contributed by atoms with Crippen molar-refractivity contribution in [1.29, 1.82) is 0 Å². The smallest absolute Gasteiger partial charge is 0.319 e. The van der Waals surface area contributed by atoms with Crippen LogP contribution in [-0.4, -0.2) is 47.4 Å². The number of carbonyl (C=O) groups is 3. The first-order chi connectivity index (χ1) is 14.0. The molecule has 0 saturated carbocycles. The number of fused-ring (bicyclic) bond motifs is 1. The quantitative estimate of drug-likeness (QED) is 0.734. The highest BCUT2D eigenvalue weighted by Gasteiger charge is 2.46. The lowest BCUT2D eigenvalue weighted by Gasteiger charge is -2.34. The van der Waals surface area contributed by atoms with Crippen molar-refractivity contribution in [2.24, 2.45) is 0 Å². The van der Waals surface area contributed by atoms with E-state index in [9.17, 15) is 18.8 Å². The van der Waals surface area contributed by atoms with Gasteiger partial charge in [0.2, 0.25) is 11.8 Å². The number of urea groups is 1. The van der Waals surface area contributed by atoms with Crippen molar-refractivity contribution >= 4 is 23.5 Å². The van der Waals surface area contributed by atoms with Crippen molar-refractivity contribution < 1.29 is 18.8 Å². The van der Waals surface area contributed by atoms with Crippen LogP contribution in [0.4, 0.5) is 14.9 Å². The standard InChI is InChI=1S/C21H21FN4O3/c22-14-7-4-8-15(10-14)23-21(29)24-16-11-18-19(27)25-17(20(28)26(18)12-16)9-13-5-2-1-3-6-13/h1-8,10,16-18H,9,11-12H2,(H,25,27)(H2,23,24,29)/t16-,17+,18-/m0/s1. The number of nitrogens with zero attached hydrogens (tertiary/aromatic N) is 1. The van der Waals surface area contributed by atoms with Crippen molar-refractivity contribution in [1.82, 2.24) is 15.5 Å². The molecule has 3 N–H and O–H groups in total. The number of carbonyl (C=O) groups excluding carboxylic acids is 3. The minimum Gasteiger partial charge on any atom is -0.342 e. The van der Waals surface area contributed by atoms with Crippen LogP contribution in [0.15, 0.2) is 54.6 Å². The molecule has 4 amide bonds. The summed E-state index contributed by atoms with van der Waals surface area (Å²) >= 11 is 0. The monoisotopic (exact) mass is 396 g/mol. The summed E-state index contributed by atoms with van der Waals surface area (Å²) in [7, 11) is 0. The van der Waals surface area contributed by atoms with E-state index in [4.69, 9.17) is 0 Å². The van der Waals surface area contributed by atoms with Gasteiger partial charge in [-0.3, -0.25) is 9.59 Å². The zero-order valence-corrected chi connectivity index (χ0v) is 15.6. The fraction of sp³-hybridized carbons (Fsp3) is 0.286. The number of piperazine rings is 1. The molecule has 7 nitrogen and oxygen atoms in total. The third-order valence-corrected chi connectivity index (χ3v) is 5.20. The van der Waals surface area contributed by atoms with E-state index in [1.807, 2.05) is 30.3 Å². The molecule has 8 heteroatoms. The van der Waals surface area contributed by atoms with Crippen molar-refractivity contribution in [3.05, 3.63) is 66.0 Å². The minimum atomic E-state index is -0.610. The first-order valence-corrected chi connectivity index (χ1v) is 9.47. The second-order valence-corrected chi connectivity index (χ2v) is 7.30. The van der Waals surface area contributed by atoms with Gasteiger partial charge >= 0.3 is 6.03 Å². The molecule has 2 aromatic rings. The summed E-state index contributed by atoms with van der Waals surface area (Å²) in [6.07, 6.45) is 0.763. The Bertz CT molecular complexity index is 937. The minimum absolute atomic E-state index is 0.145. The van der Waals surface area contributed by atoms with E-state index < -0.39 is 23.9 Å². The highest BCUT2D eigenvalue weighted by molar-refractivity contribution is 5.98. The normalized spacial score (nSPS) is 23.3. The Hall–Kier alpha value is -3.42. The predicted molar refractivity (Wildman–Crippen MR) is 105 cm³/mol. The molecule has 0 radical (unpaired) electrons. The first kappa shape index (κ1) is 18.9. The van der Waals surface area contributed by atoms with Crippen molar-refractivity contribution in [2.75, 3.05) is 11.9 Å². The molecular weight excluding hydrogens is 375 g/mol. The van der Waals surface area contributed by atoms with Gasteiger partial charge in [0, 0.05) is 18.7 Å². The molecule has 2 fully saturated rings. The van der Waals surface area contributed by atoms with Gasteiger partial charge < -0.3 is 20.9 Å². The van der Waals surface area contributed by atoms with E-state index in [0.717, 1.165) is 5.56 Å². The zero-order valence-electron chi connectivity index (χ0n) is 15.6. The van der Waals surface area contributed by atoms with Crippen LogP contribution in [0, 0.1) is 5.82 Å². The van der Waals surface area contributed by atoms with Crippen LogP contribution in [0.3, 0.4) is 0 Å². The number of hydrogen-bond acceptors (Lipinski definition) is 3. The average molecular weight is 396 g/mol. The van der Waals surface area contributed by atoms with Gasteiger partial charge in [-0.15, -0.1) is 0 Å². The van der Waals surface area contributed by atoms with Crippen LogP contribution in [0.25, 0.3) is 0 Å². The van der Waals surface area contributed by atoms with Crippen LogP contribution < -0.4 is 16.0 Å². The number of halogens is 1. The zero-order chi connectivity index (χ0) is 20.4. The maximum Gasteiger partial charge on any atom is 0.319 e. The molecule has 2 saturated heterocycles. The summed E-state index contributed by atoms with van der Waals surface area (Å²) in [5, 5.41) is 8.13. The molecule has 2 aliphatic rings. The molecule has 0 aliphatic carbocycles. The maximum atomic E-state index is 13.2. The van der Waals surface area contributed by atoms with Gasteiger partial charge in [0.05, 0.1) is 6.04 Å². The summed E-state index contributed by atoms with van der Waals surface area (Å²) < 4.78 is 13.2. The molecule has 0 spiro atoms. The molecule has 3 atom stereocenters. The molecule has 150 valence electrons. The van der Waals surface area contributed by atoms with Gasteiger partial charge in [-0.1, -0.05) is 36.4 Å². The molecule has 2 aromatic carbocycles. The molecule has 29 heavy (non-hydrogen) atoms. The molecule has 0 aromatic heterocycles. The first-order valence-electron chi connectivity index (χ1n) is 9.47. The van der Waals surface area contributed by atoms with Crippen molar-refractivity contribution in [3.63, 3.8) is 0 Å². The fourth-order valence-electron chi connectivity index (χ4n) is 3.87.